The second kappa shape index (κ2) is 5.88. The summed E-state index contributed by atoms with van der Waals surface area (Å²) < 4.78 is 0. The summed E-state index contributed by atoms with van der Waals surface area (Å²) in [5.41, 5.74) is 19.6. The number of nitrogens with two attached hydrogens (primary N) is 3. The van der Waals surface area contributed by atoms with Crippen LogP contribution in [0.3, 0.4) is 0 Å². The molecule has 1 aliphatic heterocycles. The molecular formula is C15H22N4O. The lowest BCUT2D eigenvalue weighted by atomic mass is 9.96. The topological polar surface area (TPSA) is 102 Å². The largest absolute Gasteiger partial charge is 0.507 e. The van der Waals surface area contributed by atoms with Crippen LogP contribution in [0.2, 0.25) is 0 Å². The van der Waals surface area contributed by atoms with E-state index in [1.807, 2.05) is 6.07 Å². The molecule has 0 saturated carbocycles. The molecule has 1 atom stereocenters. The van der Waals surface area contributed by atoms with Gasteiger partial charge in [0, 0.05) is 23.7 Å². The van der Waals surface area contributed by atoms with Crippen LogP contribution < -0.4 is 17.2 Å². The molecule has 0 aliphatic carbocycles. The van der Waals surface area contributed by atoms with Gasteiger partial charge in [-0.1, -0.05) is 12.1 Å². The van der Waals surface area contributed by atoms with Crippen LogP contribution in [0.1, 0.15) is 12.0 Å². The van der Waals surface area contributed by atoms with E-state index in [0.29, 0.717) is 17.1 Å². The summed E-state index contributed by atoms with van der Waals surface area (Å²) in [6.07, 6.45) is 2.79. The Kier molecular flexibility index (Phi) is 4.20. The van der Waals surface area contributed by atoms with Gasteiger partial charge in [0.2, 0.25) is 0 Å². The van der Waals surface area contributed by atoms with E-state index in [4.69, 9.17) is 17.2 Å². The van der Waals surface area contributed by atoms with Gasteiger partial charge in [-0.25, -0.2) is 0 Å². The highest BCUT2D eigenvalue weighted by molar-refractivity contribution is 5.70. The molecule has 20 heavy (non-hydrogen) atoms. The lowest BCUT2D eigenvalue weighted by Crippen LogP contribution is -2.20. The third-order valence-corrected chi connectivity index (χ3v) is 3.69. The van der Waals surface area contributed by atoms with Crippen LogP contribution in [-0.4, -0.2) is 30.1 Å². The number of allylic oxidation sites excluding steroid dienone is 1. The predicted molar refractivity (Wildman–Crippen MR) is 81.3 cm³/mol. The predicted octanol–water partition coefficient (Wildman–Crippen LogP) is 0.773. The molecule has 1 aromatic carbocycles. The zero-order valence-electron chi connectivity index (χ0n) is 11.7. The maximum Gasteiger partial charge on any atom is 0.124 e. The van der Waals surface area contributed by atoms with E-state index < -0.39 is 0 Å². The van der Waals surface area contributed by atoms with Crippen LogP contribution in [0.4, 0.5) is 0 Å². The Bertz CT molecular complexity index is 547. The molecule has 5 nitrogen and oxygen atoms in total. The Morgan fingerprint density at radius 2 is 2.00 bits per heavy atom. The van der Waals surface area contributed by atoms with Gasteiger partial charge in [-0.3, -0.25) is 0 Å². The minimum absolute atomic E-state index is 0.153. The van der Waals surface area contributed by atoms with Crippen molar-refractivity contribution < 1.29 is 5.11 Å². The minimum atomic E-state index is 0.153. The first kappa shape index (κ1) is 14.3. The van der Waals surface area contributed by atoms with E-state index in [0.717, 1.165) is 25.1 Å². The fourth-order valence-electron chi connectivity index (χ4n) is 2.59. The average molecular weight is 274 g/mol. The molecule has 0 bridgehead atoms. The molecule has 1 aliphatic rings. The standard InChI is InChI=1S/C15H22N4O/c1-19-7-6-10(9-19)12(15(17)18)8-13(16)11-4-2-3-5-14(11)20/h2-5,8,10,20H,6-7,9,16-18H2,1H3/b13-8-. The second-order valence-electron chi connectivity index (χ2n) is 5.28. The fraction of sp³-hybridized carbons (Fsp3) is 0.333. The number of phenols is 1. The number of hydrogen-bond donors (Lipinski definition) is 4. The molecule has 108 valence electrons. The van der Waals surface area contributed by atoms with E-state index in [1.54, 1.807) is 24.3 Å². The van der Waals surface area contributed by atoms with Crippen LogP contribution in [0.25, 0.3) is 5.70 Å². The molecule has 0 amide bonds. The smallest absolute Gasteiger partial charge is 0.124 e. The van der Waals surface area contributed by atoms with Gasteiger partial charge >= 0.3 is 0 Å². The highest BCUT2D eigenvalue weighted by Gasteiger charge is 2.24. The Labute approximate surface area is 119 Å². The van der Waals surface area contributed by atoms with E-state index in [1.165, 1.54) is 0 Å². The quantitative estimate of drug-likeness (QED) is 0.610. The van der Waals surface area contributed by atoms with Crippen LogP contribution in [0.15, 0.2) is 41.7 Å². The molecule has 1 fully saturated rings. The van der Waals surface area contributed by atoms with Gasteiger partial charge in [0.1, 0.15) is 5.75 Å². The van der Waals surface area contributed by atoms with Gasteiger partial charge in [0.15, 0.2) is 0 Å². The van der Waals surface area contributed by atoms with Crippen molar-refractivity contribution in [2.24, 2.45) is 23.1 Å². The highest BCUT2D eigenvalue weighted by Crippen LogP contribution is 2.28. The normalized spacial score (nSPS) is 20.1. The molecule has 1 saturated heterocycles. The number of para-hydroxylation sites is 1. The first-order chi connectivity index (χ1) is 9.49. The summed E-state index contributed by atoms with van der Waals surface area (Å²) in [6.45, 7) is 1.93. The van der Waals surface area contributed by atoms with E-state index >= 15 is 0 Å². The van der Waals surface area contributed by atoms with Crippen LogP contribution in [0.5, 0.6) is 5.75 Å². The Balaban J connectivity index is 2.31. The van der Waals surface area contributed by atoms with Gasteiger partial charge in [0.05, 0.1) is 5.82 Å². The molecule has 0 spiro atoms. The molecule has 1 unspecified atom stereocenters. The number of nitrogens with zero attached hydrogens (tertiary/aromatic N) is 1. The Hall–Kier alpha value is -2.14. The zero-order valence-corrected chi connectivity index (χ0v) is 11.7. The maximum atomic E-state index is 9.83. The molecule has 1 aromatic rings. The van der Waals surface area contributed by atoms with Crippen LogP contribution >= 0.6 is 0 Å². The van der Waals surface area contributed by atoms with Gasteiger partial charge in [0.25, 0.3) is 0 Å². The lowest BCUT2D eigenvalue weighted by molar-refractivity contribution is 0.406. The van der Waals surface area contributed by atoms with E-state index in [2.05, 4.69) is 11.9 Å². The van der Waals surface area contributed by atoms with Crippen molar-refractivity contribution in [1.29, 1.82) is 0 Å². The molecule has 2 rings (SSSR count). The zero-order chi connectivity index (χ0) is 14.7. The summed E-state index contributed by atoms with van der Waals surface area (Å²) in [4.78, 5) is 2.23. The van der Waals surface area contributed by atoms with E-state index in [9.17, 15) is 5.11 Å². The molecule has 1 heterocycles. The SMILES string of the molecule is CN1CCC(C(/C=C(\N)c2ccccc2O)=C(N)N)C1. The summed E-state index contributed by atoms with van der Waals surface area (Å²) in [5, 5.41) is 9.83. The molecule has 7 N–H and O–H groups in total. The van der Waals surface area contributed by atoms with Gasteiger partial charge in [-0.2, -0.15) is 0 Å². The monoisotopic (exact) mass is 274 g/mol. The first-order valence-corrected chi connectivity index (χ1v) is 6.68. The summed E-state index contributed by atoms with van der Waals surface area (Å²) in [7, 11) is 2.07. The first-order valence-electron chi connectivity index (χ1n) is 6.68. The highest BCUT2D eigenvalue weighted by atomic mass is 16.3. The van der Waals surface area contributed by atoms with Gasteiger partial charge in [-0.15, -0.1) is 0 Å². The average Bonchev–Trinajstić information content (AvgIpc) is 2.82. The van der Waals surface area contributed by atoms with Crippen LogP contribution in [0, 0.1) is 5.92 Å². The Morgan fingerprint density at radius 3 is 2.55 bits per heavy atom. The van der Waals surface area contributed by atoms with Gasteiger partial charge < -0.3 is 27.2 Å². The summed E-state index contributed by atoms with van der Waals surface area (Å²) in [6, 6.07) is 6.96. The summed E-state index contributed by atoms with van der Waals surface area (Å²) >= 11 is 0. The summed E-state index contributed by atoms with van der Waals surface area (Å²) in [5.74, 6) is 0.734. The van der Waals surface area contributed by atoms with Crippen molar-refractivity contribution in [3.05, 3.63) is 47.3 Å². The minimum Gasteiger partial charge on any atom is -0.507 e. The number of phenolic OH excluding ortho intramolecular Hbond substituents is 1. The maximum absolute atomic E-state index is 9.83. The third kappa shape index (κ3) is 3.05. The van der Waals surface area contributed by atoms with Crippen molar-refractivity contribution in [2.45, 2.75) is 6.42 Å². The number of rotatable bonds is 3. The Morgan fingerprint density at radius 1 is 1.30 bits per heavy atom. The molecule has 5 heteroatoms. The van der Waals surface area contributed by atoms with Crippen LogP contribution in [-0.2, 0) is 0 Å². The number of hydrogen-bond acceptors (Lipinski definition) is 5. The second-order valence-corrected chi connectivity index (χ2v) is 5.28. The molecule has 0 aromatic heterocycles. The van der Waals surface area contributed by atoms with E-state index in [-0.39, 0.29) is 11.7 Å². The molecular weight excluding hydrogens is 252 g/mol. The number of benzene rings is 1. The number of likely N-dealkylation sites (tertiary alicyclic amines) is 1. The lowest BCUT2D eigenvalue weighted by Gasteiger charge is -2.15. The van der Waals surface area contributed by atoms with Crippen molar-refractivity contribution >= 4 is 5.70 Å². The third-order valence-electron chi connectivity index (χ3n) is 3.69. The van der Waals surface area contributed by atoms with Crippen molar-refractivity contribution in [1.82, 2.24) is 4.90 Å². The van der Waals surface area contributed by atoms with Crippen molar-refractivity contribution in [2.75, 3.05) is 20.1 Å². The van der Waals surface area contributed by atoms with Crippen molar-refractivity contribution in [3.8, 4) is 5.75 Å². The molecule has 0 radical (unpaired) electrons. The van der Waals surface area contributed by atoms with Gasteiger partial charge in [-0.05, 0) is 43.8 Å². The number of aromatic hydroxyl groups is 1. The van der Waals surface area contributed by atoms with Crippen molar-refractivity contribution in [3.63, 3.8) is 0 Å². The fourth-order valence-corrected chi connectivity index (χ4v) is 2.59.